The molecule has 2 aliphatic rings. The molecule has 1 fully saturated rings. The number of carbonyl (C=O) groups excluding carboxylic acids is 2. The Morgan fingerprint density at radius 1 is 1.11 bits per heavy atom. The van der Waals surface area contributed by atoms with Gasteiger partial charge in [-0.3, -0.25) is 9.59 Å². The van der Waals surface area contributed by atoms with Gasteiger partial charge in [-0.05, 0) is 49.6 Å². The lowest BCUT2D eigenvalue weighted by molar-refractivity contribution is -0.117. The largest absolute Gasteiger partial charge is 0.345 e. The average Bonchev–Trinajstić information content (AvgIpc) is 3.26. The second-order valence-corrected chi connectivity index (χ2v) is 7.94. The van der Waals surface area contributed by atoms with E-state index in [1.54, 1.807) is 4.90 Å². The first-order valence-corrected chi connectivity index (χ1v) is 9.85. The van der Waals surface area contributed by atoms with Crippen LogP contribution in [0.3, 0.4) is 0 Å². The van der Waals surface area contributed by atoms with Crippen LogP contribution in [0.2, 0.25) is 0 Å². The third kappa shape index (κ3) is 3.05. The number of hydrogen-bond donors (Lipinski definition) is 0. The van der Waals surface area contributed by atoms with Gasteiger partial charge in [0.25, 0.3) is 5.91 Å². The normalized spacial score (nSPS) is 19.7. The number of nitrogens with zero attached hydrogens (tertiary/aromatic N) is 3. The molecule has 5 nitrogen and oxygen atoms in total. The maximum absolute atomic E-state index is 13.4. The first-order chi connectivity index (χ1) is 13.0. The number of aromatic nitrogens is 1. The third-order valence-electron chi connectivity index (χ3n) is 5.81. The van der Waals surface area contributed by atoms with Gasteiger partial charge in [-0.15, -0.1) is 0 Å². The van der Waals surface area contributed by atoms with Crippen LogP contribution in [-0.4, -0.2) is 34.4 Å². The Hall–Kier alpha value is -2.56. The molecule has 0 saturated carbocycles. The maximum atomic E-state index is 13.4. The number of carbonyl (C=O) groups is 2. The zero-order valence-corrected chi connectivity index (χ0v) is 16.3. The molecule has 2 amide bonds. The Morgan fingerprint density at radius 3 is 2.63 bits per heavy atom. The summed E-state index contributed by atoms with van der Waals surface area (Å²) in [6.45, 7) is 8.73. The molecular formula is C22H27N3O2. The number of benzene rings is 1. The lowest BCUT2D eigenvalue weighted by atomic mass is 9.96. The molecule has 0 spiro atoms. The van der Waals surface area contributed by atoms with Crippen molar-refractivity contribution in [3.05, 3.63) is 53.3 Å². The molecule has 0 bridgehead atoms. The lowest BCUT2D eigenvalue weighted by Gasteiger charge is -2.40. The van der Waals surface area contributed by atoms with Crippen molar-refractivity contribution in [3.63, 3.8) is 0 Å². The minimum absolute atomic E-state index is 0.0484. The van der Waals surface area contributed by atoms with Gasteiger partial charge in [0.15, 0.2) is 0 Å². The Balaban J connectivity index is 1.65. The summed E-state index contributed by atoms with van der Waals surface area (Å²) in [6.07, 6.45) is 1.48. The van der Waals surface area contributed by atoms with Gasteiger partial charge in [-0.2, -0.15) is 0 Å². The topological polar surface area (TPSA) is 45.6 Å². The van der Waals surface area contributed by atoms with Crippen LogP contribution in [0.15, 0.2) is 36.4 Å². The van der Waals surface area contributed by atoms with Crippen LogP contribution in [0.4, 0.5) is 5.69 Å². The van der Waals surface area contributed by atoms with E-state index in [2.05, 4.69) is 37.5 Å². The van der Waals surface area contributed by atoms with Crippen molar-refractivity contribution in [1.82, 2.24) is 9.47 Å². The standard InChI is InChI=1S/C22H27N3O2/c1-15(2)21-19-10-9-16(3)23(19)12-13-25(21)22(27)17-6-4-7-18(14-17)24-11-5-8-20(24)26/h4,6-7,9-10,14-15,21H,5,8,11-13H2,1-3H3/t21-/m0/s1. The molecule has 142 valence electrons. The minimum Gasteiger partial charge on any atom is -0.345 e. The van der Waals surface area contributed by atoms with Crippen molar-refractivity contribution in [3.8, 4) is 0 Å². The molecule has 4 rings (SSSR count). The van der Waals surface area contributed by atoms with Crippen LogP contribution >= 0.6 is 0 Å². The van der Waals surface area contributed by atoms with Gasteiger partial charge >= 0.3 is 0 Å². The van der Waals surface area contributed by atoms with E-state index in [0.717, 1.165) is 25.2 Å². The Labute approximate surface area is 160 Å². The van der Waals surface area contributed by atoms with Crippen molar-refractivity contribution in [2.45, 2.75) is 46.2 Å². The summed E-state index contributed by atoms with van der Waals surface area (Å²) >= 11 is 0. The van der Waals surface area contributed by atoms with E-state index >= 15 is 0 Å². The van der Waals surface area contributed by atoms with Crippen LogP contribution < -0.4 is 4.90 Å². The molecule has 2 aliphatic heterocycles. The van der Waals surface area contributed by atoms with Crippen molar-refractivity contribution < 1.29 is 9.59 Å². The number of aryl methyl sites for hydroxylation is 1. The fourth-order valence-electron chi connectivity index (χ4n) is 4.48. The third-order valence-corrected chi connectivity index (χ3v) is 5.81. The van der Waals surface area contributed by atoms with Crippen LogP contribution in [0.1, 0.15) is 54.5 Å². The second-order valence-electron chi connectivity index (χ2n) is 7.94. The van der Waals surface area contributed by atoms with Gasteiger partial charge < -0.3 is 14.4 Å². The highest BCUT2D eigenvalue weighted by atomic mass is 16.2. The van der Waals surface area contributed by atoms with Gasteiger partial charge in [-0.25, -0.2) is 0 Å². The number of hydrogen-bond acceptors (Lipinski definition) is 2. The molecule has 0 radical (unpaired) electrons. The van der Waals surface area contributed by atoms with E-state index in [4.69, 9.17) is 0 Å². The molecule has 5 heteroatoms. The molecule has 1 aromatic heterocycles. The van der Waals surface area contributed by atoms with E-state index < -0.39 is 0 Å². The van der Waals surface area contributed by atoms with Crippen molar-refractivity contribution in [2.24, 2.45) is 5.92 Å². The maximum Gasteiger partial charge on any atom is 0.254 e. The van der Waals surface area contributed by atoms with Gasteiger partial charge in [0, 0.05) is 48.7 Å². The lowest BCUT2D eigenvalue weighted by Crippen LogP contribution is -2.44. The second kappa shape index (κ2) is 6.87. The predicted molar refractivity (Wildman–Crippen MR) is 106 cm³/mol. The Bertz CT molecular complexity index is 883. The summed E-state index contributed by atoms with van der Waals surface area (Å²) in [7, 11) is 0. The molecule has 1 saturated heterocycles. The Kier molecular flexibility index (Phi) is 4.54. The van der Waals surface area contributed by atoms with Gasteiger partial charge in [0.05, 0.1) is 6.04 Å². The quantitative estimate of drug-likeness (QED) is 0.831. The summed E-state index contributed by atoms with van der Waals surface area (Å²) in [5.41, 5.74) is 3.96. The molecule has 1 atom stereocenters. The number of fused-ring (bicyclic) bond motifs is 1. The molecule has 27 heavy (non-hydrogen) atoms. The highest BCUT2D eigenvalue weighted by molar-refractivity contribution is 5.99. The summed E-state index contributed by atoms with van der Waals surface area (Å²) in [5.74, 6) is 0.517. The number of amides is 2. The van der Waals surface area contributed by atoms with Crippen molar-refractivity contribution >= 4 is 17.5 Å². The van der Waals surface area contributed by atoms with Gasteiger partial charge in [-0.1, -0.05) is 19.9 Å². The number of anilines is 1. The van der Waals surface area contributed by atoms with Gasteiger partial charge in [0.2, 0.25) is 5.91 Å². The van der Waals surface area contributed by atoms with Crippen LogP contribution in [0, 0.1) is 12.8 Å². The van der Waals surface area contributed by atoms with Crippen molar-refractivity contribution in [1.29, 1.82) is 0 Å². The molecule has 0 aliphatic carbocycles. The molecular weight excluding hydrogens is 338 g/mol. The van der Waals surface area contributed by atoms with E-state index in [0.29, 0.717) is 24.4 Å². The zero-order valence-electron chi connectivity index (χ0n) is 16.3. The van der Waals surface area contributed by atoms with E-state index in [1.807, 2.05) is 29.2 Å². The minimum atomic E-state index is 0.0484. The first kappa shape index (κ1) is 17.8. The summed E-state index contributed by atoms with van der Waals surface area (Å²) < 4.78 is 2.33. The fourth-order valence-corrected chi connectivity index (χ4v) is 4.48. The fraction of sp³-hybridized carbons (Fsp3) is 0.455. The molecule has 2 aromatic rings. The highest BCUT2D eigenvalue weighted by Crippen LogP contribution is 2.35. The predicted octanol–water partition coefficient (Wildman–Crippen LogP) is 3.78. The van der Waals surface area contributed by atoms with Crippen molar-refractivity contribution in [2.75, 3.05) is 18.0 Å². The molecule has 1 aromatic carbocycles. The SMILES string of the molecule is Cc1ccc2n1CCN(C(=O)c1cccc(N3CCCC3=O)c1)[C@H]2C(C)C. The zero-order chi connectivity index (χ0) is 19.1. The average molecular weight is 365 g/mol. The summed E-state index contributed by atoms with van der Waals surface area (Å²) in [4.78, 5) is 29.3. The van der Waals surface area contributed by atoms with Crippen LogP contribution in [0.25, 0.3) is 0 Å². The van der Waals surface area contributed by atoms with E-state index in [9.17, 15) is 9.59 Å². The molecule has 3 heterocycles. The summed E-state index contributed by atoms with van der Waals surface area (Å²) in [5, 5.41) is 0. The monoisotopic (exact) mass is 365 g/mol. The highest BCUT2D eigenvalue weighted by Gasteiger charge is 2.34. The van der Waals surface area contributed by atoms with Gasteiger partial charge in [0.1, 0.15) is 0 Å². The summed E-state index contributed by atoms with van der Waals surface area (Å²) in [6, 6.07) is 11.9. The first-order valence-electron chi connectivity index (χ1n) is 9.85. The molecule has 0 unspecified atom stereocenters. The molecule has 0 N–H and O–H groups in total. The van der Waals surface area contributed by atoms with E-state index in [1.165, 1.54) is 11.4 Å². The van der Waals surface area contributed by atoms with Crippen LogP contribution in [-0.2, 0) is 11.3 Å². The smallest absolute Gasteiger partial charge is 0.254 e. The van der Waals surface area contributed by atoms with E-state index in [-0.39, 0.29) is 17.9 Å². The number of rotatable bonds is 3. The van der Waals surface area contributed by atoms with Crippen LogP contribution in [0.5, 0.6) is 0 Å². The Morgan fingerprint density at radius 2 is 1.93 bits per heavy atom.